The van der Waals surface area contributed by atoms with Crippen LogP contribution in [0.15, 0.2) is 78.9 Å². The number of fused-ring (bicyclic) bond motifs is 1. The van der Waals surface area contributed by atoms with E-state index in [0.717, 1.165) is 47.5 Å². The number of nitrogens with zero attached hydrogens (tertiary/aromatic N) is 4. The van der Waals surface area contributed by atoms with Gasteiger partial charge in [0, 0.05) is 68.1 Å². The van der Waals surface area contributed by atoms with Gasteiger partial charge in [-0.3, -0.25) is 9.69 Å². The number of amides is 1. The molecule has 1 aromatic heterocycles. The van der Waals surface area contributed by atoms with Gasteiger partial charge >= 0.3 is 0 Å². The maximum atomic E-state index is 14.1. The number of methoxy groups -OCH3 is 2. The van der Waals surface area contributed by atoms with Crippen molar-refractivity contribution in [2.75, 3.05) is 47.0 Å². The minimum absolute atomic E-state index is 0.0772. The standard InChI is InChI=1S/C41H46N4O5S/c1-41(2,3)51(48)45-28-33-26-34(40(47)44-21-19-43(20-22-44)27-31-10-7-6-8-11-31)42-39(38(33)35(45)18-23-46)32-13-9-12-29(24-32)14-15-30-16-17-36(49-4)37(25-30)50-5/h6-13,16-17,24-26,35,46H,18-23,27-28H2,1-5H3/t35-,51?/m1/s1. The molecule has 4 aromatic rings. The highest BCUT2D eigenvalue weighted by Gasteiger charge is 2.41. The Balaban J connectivity index is 1.35. The van der Waals surface area contributed by atoms with Crippen molar-refractivity contribution in [1.82, 2.24) is 19.1 Å². The average molecular weight is 707 g/mol. The number of hydrogen-bond donors (Lipinski definition) is 1. The van der Waals surface area contributed by atoms with Crippen LogP contribution in [0.2, 0.25) is 0 Å². The smallest absolute Gasteiger partial charge is 0.272 e. The molecular weight excluding hydrogens is 661 g/mol. The molecule has 2 aliphatic rings. The SMILES string of the molecule is COc1ccc(C#Cc2cccc(-c3nc(C(=O)N4CCN(Cc5ccccc5)CC4)cc4c3[C@@H](CCO)N(S(=O)C(C)(C)C)C4)c2)cc1OC. The van der Waals surface area contributed by atoms with Gasteiger partial charge in [0.2, 0.25) is 0 Å². The molecule has 2 atom stereocenters. The van der Waals surface area contributed by atoms with E-state index < -0.39 is 15.7 Å². The van der Waals surface area contributed by atoms with Gasteiger partial charge in [-0.25, -0.2) is 13.5 Å². The molecule has 0 aliphatic carbocycles. The molecule has 51 heavy (non-hydrogen) atoms. The highest BCUT2D eigenvalue weighted by molar-refractivity contribution is 7.84. The number of hydrogen-bond acceptors (Lipinski definition) is 7. The normalized spacial score (nSPS) is 17.0. The molecule has 0 bridgehead atoms. The minimum atomic E-state index is -1.36. The predicted octanol–water partition coefficient (Wildman–Crippen LogP) is 5.82. The van der Waals surface area contributed by atoms with Gasteiger partial charge in [0.1, 0.15) is 16.7 Å². The summed E-state index contributed by atoms with van der Waals surface area (Å²) in [6, 6.07) is 25.3. The highest BCUT2D eigenvalue weighted by Crippen LogP contribution is 2.44. The first kappa shape index (κ1) is 36.3. The number of carbonyl (C=O) groups excluding carboxylic acids is 1. The van der Waals surface area contributed by atoms with Crippen LogP contribution in [0.5, 0.6) is 11.5 Å². The zero-order valence-corrected chi connectivity index (χ0v) is 30.8. The Labute approximate surface area is 303 Å². The molecular formula is C41H46N4O5S. The number of ether oxygens (including phenoxy) is 2. The Morgan fingerprint density at radius 2 is 1.61 bits per heavy atom. The van der Waals surface area contributed by atoms with E-state index in [1.807, 2.05) is 84.6 Å². The van der Waals surface area contributed by atoms with E-state index in [9.17, 15) is 14.1 Å². The van der Waals surface area contributed by atoms with Gasteiger partial charge in [-0.2, -0.15) is 0 Å². The summed E-state index contributed by atoms with van der Waals surface area (Å²) in [5.41, 5.74) is 6.44. The Kier molecular flexibility index (Phi) is 11.2. The van der Waals surface area contributed by atoms with Crippen molar-refractivity contribution in [2.45, 2.75) is 51.1 Å². The van der Waals surface area contributed by atoms with Crippen LogP contribution in [-0.2, 0) is 24.1 Å². The average Bonchev–Trinajstić information content (AvgIpc) is 3.51. The van der Waals surface area contributed by atoms with Crippen LogP contribution in [0.1, 0.15) is 71.5 Å². The number of carbonyl (C=O) groups is 1. The molecule has 1 unspecified atom stereocenters. The number of rotatable bonds is 9. The van der Waals surface area contributed by atoms with Gasteiger partial charge in [-0.05, 0) is 74.7 Å². The van der Waals surface area contributed by atoms with Crippen molar-refractivity contribution in [3.8, 4) is 34.6 Å². The molecule has 3 aromatic carbocycles. The first-order valence-electron chi connectivity index (χ1n) is 17.3. The highest BCUT2D eigenvalue weighted by atomic mass is 32.2. The molecule has 10 heteroatoms. The zero-order valence-electron chi connectivity index (χ0n) is 30.0. The molecule has 3 heterocycles. The van der Waals surface area contributed by atoms with Crippen LogP contribution in [0.3, 0.4) is 0 Å². The van der Waals surface area contributed by atoms with Crippen LogP contribution in [-0.4, -0.2) is 86.1 Å². The maximum Gasteiger partial charge on any atom is 0.272 e. The summed E-state index contributed by atoms with van der Waals surface area (Å²) in [7, 11) is 1.83. The molecule has 2 aliphatic heterocycles. The Hall–Kier alpha value is -4.53. The summed E-state index contributed by atoms with van der Waals surface area (Å²) in [6.07, 6.45) is 0.388. The minimum Gasteiger partial charge on any atom is -0.493 e. The number of aromatic nitrogens is 1. The molecule has 1 fully saturated rings. The lowest BCUT2D eigenvalue weighted by Gasteiger charge is -2.34. The van der Waals surface area contributed by atoms with Crippen molar-refractivity contribution in [3.05, 3.63) is 112 Å². The molecule has 1 N–H and O–H groups in total. The monoisotopic (exact) mass is 706 g/mol. The van der Waals surface area contributed by atoms with E-state index in [0.29, 0.717) is 48.9 Å². The zero-order chi connectivity index (χ0) is 36.1. The second kappa shape index (κ2) is 15.8. The van der Waals surface area contributed by atoms with E-state index in [1.54, 1.807) is 14.2 Å². The first-order valence-corrected chi connectivity index (χ1v) is 18.4. The third kappa shape index (κ3) is 8.18. The maximum absolute atomic E-state index is 14.1. The van der Waals surface area contributed by atoms with Gasteiger partial charge in [0.05, 0.1) is 30.7 Å². The number of benzene rings is 3. The largest absolute Gasteiger partial charge is 0.493 e. The summed E-state index contributed by atoms with van der Waals surface area (Å²) < 4.78 is 26.1. The van der Waals surface area contributed by atoms with E-state index in [1.165, 1.54) is 5.56 Å². The fourth-order valence-electron chi connectivity index (χ4n) is 6.71. The number of pyridine rings is 1. The third-order valence-electron chi connectivity index (χ3n) is 9.29. The third-order valence-corrected chi connectivity index (χ3v) is 11.1. The topological polar surface area (TPSA) is 95.4 Å². The first-order chi connectivity index (χ1) is 24.6. The van der Waals surface area contributed by atoms with E-state index in [4.69, 9.17) is 14.5 Å². The lowest BCUT2D eigenvalue weighted by atomic mass is 9.95. The van der Waals surface area contributed by atoms with Crippen molar-refractivity contribution >= 4 is 16.9 Å². The lowest BCUT2D eigenvalue weighted by molar-refractivity contribution is 0.0622. The van der Waals surface area contributed by atoms with E-state index in [2.05, 4.69) is 41.0 Å². The molecule has 9 nitrogen and oxygen atoms in total. The molecule has 1 amide bonds. The van der Waals surface area contributed by atoms with Gasteiger partial charge in [0.15, 0.2) is 11.5 Å². The molecule has 6 rings (SSSR count). The van der Waals surface area contributed by atoms with Crippen LogP contribution in [0, 0.1) is 11.8 Å². The van der Waals surface area contributed by atoms with Crippen molar-refractivity contribution in [2.24, 2.45) is 0 Å². The Morgan fingerprint density at radius 1 is 0.902 bits per heavy atom. The van der Waals surface area contributed by atoms with Gasteiger partial charge in [-0.1, -0.05) is 54.3 Å². The fraction of sp³-hybridized carbons (Fsp3) is 0.366. The van der Waals surface area contributed by atoms with Crippen LogP contribution < -0.4 is 9.47 Å². The van der Waals surface area contributed by atoms with Gasteiger partial charge in [0.25, 0.3) is 5.91 Å². The van der Waals surface area contributed by atoms with Crippen LogP contribution >= 0.6 is 0 Å². The fourth-order valence-corrected chi connectivity index (χ4v) is 8.12. The van der Waals surface area contributed by atoms with Gasteiger partial charge < -0.3 is 19.5 Å². The van der Waals surface area contributed by atoms with Crippen molar-refractivity contribution < 1.29 is 23.6 Å². The summed E-state index contributed by atoms with van der Waals surface area (Å²) in [5, 5.41) is 10.2. The van der Waals surface area contributed by atoms with E-state index >= 15 is 0 Å². The molecule has 1 saturated heterocycles. The lowest BCUT2D eigenvalue weighted by Crippen LogP contribution is -2.48. The molecule has 266 valence electrons. The summed E-state index contributed by atoms with van der Waals surface area (Å²) in [5.74, 6) is 7.61. The van der Waals surface area contributed by atoms with Crippen molar-refractivity contribution in [1.29, 1.82) is 0 Å². The molecule has 0 radical (unpaired) electrons. The number of aliphatic hydroxyl groups is 1. The summed E-state index contributed by atoms with van der Waals surface area (Å²) >= 11 is 0. The number of aliphatic hydroxyl groups excluding tert-OH is 1. The Morgan fingerprint density at radius 3 is 2.27 bits per heavy atom. The van der Waals surface area contributed by atoms with Crippen molar-refractivity contribution in [3.63, 3.8) is 0 Å². The summed E-state index contributed by atoms with van der Waals surface area (Å²) in [4.78, 5) is 23.5. The van der Waals surface area contributed by atoms with Crippen LogP contribution in [0.4, 0.5) is 0 Å². The second-order valence-electron chi connectivity index (χ2n) is 13.8. The van der Waals surface area contributed by atoms with Crippen LogP contribution in [0.25, 0.3) is 11.3 Å². The van der Waals surface area contributed by atoms with E-state index in [-0.39, 0.29) is 18.6 Å². The number of piperazine rings is 1. The second-order valence-corrected chi connectivity index (χ2v) is 16.0. The molecule has 0 saturated carbocycles. The molecule has 0 spiro atoms. The predicted molar refractivity (Wildman–Crippen MR) is 201 cm³/mol. The Bertz CT molecular complexity index is 1960. The summed E-state index contributed by atoms with van der Waals surface area (Å²) in [6.45, 7) is 9.78. The quantitative estimate of drug-likeness (QED) is 0.219. The van der Waals surface area contributed by atoms with Gasteiger partial charge in [-0.15, -0.1) is 0 Å².